The van der Waals surface area contributed by atoms with Crippen LogP contribution in [0.15, 0.2) is 70.9 Å². The summed E-state index contributed by atoms with van der Waals surface area (Å²) in [6.45, 7) is 8.73. The molecule has 0 radical (unpaired) electrons. The van der Waals surface area contributed by atoms with Crippen molar-refractivity contribution in [2.75, 3.05) is 5.32 Å². The van der Waals surface area contributed by atoms with Gasteiger partial charge in [-0.1, -0.05) is 65.7 Å². The lowest BCUT2D eigenvalue weighted by Gasteiger charge is -2.12. The fourth-order valence-corrected chi connectivity index (χ4v) is 4.27. The highest BCUT2D eigenvalue weighted by atomic mass is 32.1. The number of aromatic nitrogens is 1. The van der Waals surface area contributed by atoms with E-state index in [1.807, 2.05) is 54.8 Å². The molecule has 4 aromatic rings. The number of nitrogens with one attached hydrogen (secondary N) is 1. The predicted octanol–water partition coefficient (Wildman–Crippen LogP) is 7.11. The summed E-state index contributed by atoms with van der Waals surface area (Å²) in [4.78, 5) is 0. The first kappa shape index (κ1) is 21.7. The SMILES string of the molecule is Cc1cccc(Cn2c(O)c(N=NC(=S)Nc3c(C)cc(C)cc3C)c3ccccc32)c1. The van der Waals surface area contributed by atoms with E-state index in [1.54, 1.807) is 0 Å². The Bertz CT molecular complexity index is 1330. The van der Waals surface area contributed by atoms with Gasteiger partial charge in [0.15, 0.2) is 5.69 Å². The van der Waals surface area contributed by atoms with Gasteiger partial charge in [0.25, 0.3) is 0 Å². The minimum absolute atomic E-state index is 0.0713. The number of thiocarbonyl (C=S) groups is 1. The van der Waals surface area contributed by atoms with Crippen molar-refractivity contribution in [3.8, 4) is 5.88 Å². The topological polar surface area (TPSA) is 61.9 Å². The molecule has 0 amide bonds. The lowest BCUT2D eigenvalue weighted by molar-refractivity contribution is 0.429. The van der Waals surface area contributed by atoms with Crippen LogP contribution in [0.4, 0.5) is 11.4 Å². The second kappa shape index (κ2) is 8.93. The summed E-state index contributed by atoms with van der Waals surface area (Å²) in [5, 5.41) is 23.8. The highest BCUT2D eigenvalue weighted by Crippen LogP contribution is 2.39. The molecule has 6 heteroatoms. The smallest absolute Gasteiger partial charge is 0.221 e. The summed E-state index contributed by atoms with van der Waals surface area (Å²) in [5.41, 5.74) is 7.91. The van der Waals surface area contributed by atoms with Crippen LogP contribution in [0, 0.1) is 27.7 Å². The maximum atomic E-state index is 11.0. The van der Waals surface area contributed by atoms with Crippen LogP contribution in [0.1, 0.15) is 27.8 Å². The molecular formula is C26H26N4OS. The zero-order valence-corrected chi connectivity index (χ0v) is 19.5. The van der Waals surface area contributed by atoms with Gasteiger partial charge in [0.05, 0.1) is 12.1 Å². The largest absolute Gasteiger partial charge is 0.493 e. The lowest BCUT2D eigenvalue weighted by Crippen LogP contribution is -2.08. The zero-order chi connectivity index (χ0) is 22.8. The van der Waals surface area contributed by atoms with Gasteiger partial charge in [-0.3, -0.25) is 0 Å². The van der Waals surface area contributed by atoms with Crippen molar-refractivity contribution in [2.24, 2.45) is 10.2 Å². The molecule has 0 atom stereocenters. The van der Waals surface area contributed by atoms with Gasteiger partial charge in [-0.25, -0.2) is 0 Å². The molecule has 0 spiro atoms. The molecule has 0 aliphatic heterocycles. The molecule has 4 rings (SSSR count). The number of hydrogen-bond acceptors (Lipinski definition) is 3. The number of para-hydroxylation sites is 1. The van der Waals surface area contributed by atoms with Crippen molar-refractivity contribution < 1.29 is 5.11 Å². The second-order valence-electron chi connectivity index (χ2n) is 8.17. The van der Waals surface area contributed by atoms with E-state index in [0.29, 0.717) is 12.2 Å². The van der Waals surface area contributed by atoms with Gasteiger partial charge in [-0.15, -0.1) is 10.2 Å². The summed E-state index contributed by atoms with van der Waals surface area (Å²) in [6, 6.07) is 20.2. The Labute approximate surface area is 193 Å². The summed E-state index contributed by atoms with van der Waals surface area (Å²) < 4.78 is 1.85. The van der Waals surface area contributed by atoms with Gasteiger partial charge in [0, 0.05) is 11.1 Å². The molecule has 0 fully saturated rings. The molecule has 162 valence electrons. The number of aromatic hydroxyl groups is 1. The molecule has 1 heterocycles. The van der Waals surface area contributed by atoms with Crippen LogP contribution in [-0.2, 0) is 6.54 Å². The van der Waals surface area contributed by atoms with Crippen molar-refractivity contribution >= 4 is 39.6 Å². The number of azo groups is 1. The van der Waals surface area contributed by atoms with Crippen molar-refractivity contribution in [3.05, 3.63) is 88.5 Å². The molecule has 0 bridgehead atoms. The van der Waals surface area contributed by atoms with Gasteiger partial charge < -0.3 is 15.0 Å². The van der Waals surface area contributed by atoms with Gasteiger partial charge in [-0.2, -0.15) is 0 Å². The summed E-state index contributed by atoms with van der Waals surface area (Å²) in [6.07, 6.45) is 0. The summed E-state index contributed by atoms with van der Waals surface area (Å²) in [5.74, 6) is 0.0713. The molecule has 1 aromatic heterocycles. The molecule has 5 nitrogen and oxygen atoms in total. The van der Waals surface area contributed by atoms with E-state index >= 15 is 0 Å². The van der Waals surface area contributed by atoms with Crippen LogP contribution >= 0.6 is 12.2 Å². The fourth-order valence-electron chi connectivity index (χ4n) is 4.13. The average Bonchev–Trinajstić information content (AvgIpc) is 3.00. The van der Waals surface area contributed by atoms with E-state index < -0.39 is 0 Å². The van der Waals surface area contributed by atoms with E-state index in [0.717, 1.165) is 33.3 Å². The molecular weight excluding hydrogens is 416 g/mol. The molecule has 0 saturated carbocycles. The highest BCUT2D eigenvalue weighted by molar-refractivity contribution is 7.80. The van der Waals surface area contributed by atoms with E-state index in [4.69, 9.17) is 12.2 Å². The maximum Gasteiger partial charge on any atom is 0.221 e. The minimum atomic E-state index is 0.0713. The van der Waals surface area contributed by atoms with Crippen molar-refractivity contribution in [2.45, 2.75) is 34.2 Å². The van der Waals surface area contributed by atoms with Crippen LogP contribution in [0.25, 0.3) is 10.9 Å². The third-order valence-electron chi connectivity index (χ3n) is 5.49. The first-order valence-electron chi connectivity index (χ1n) is 10.5. The summed E-state index contributed by atoms with van der Waals surface area (Å²) >= 11 is 5.42. The molecule has 0 unspecified atom stereocenters. The van der Waals surface area contributed by atoms with Crippen molar-refractivity contribution in [1.82, 2.24) is 4.57 Å². The van der Waals surface area contributed by atoms with Crippen LogP contribution in [-0.4, -0.2) is 14.8 Å². The Morgan fingerprint density at radius 1 is 0.938 bits per heavy atom. The number of benzene rings is 3. The maximum absolute atomic E-state index is 11.0. The van der Waals surface area contributed by atoms with Crippen molar-refractivity contribution in [1.29, 1.82) is 0 Å². The molecule has 0 saturated heterocycles. The Morgan fingerprint density at radius 3 is 2.38 bits per heavy atom. The Balaban J connectivity index is 1.65. The van der Waals surface area contributed by atoms with E-state index in [9.17, 15) is 5.11 Å². The van der Waals surface area contributed by atoms with Gasteiger partial charge >= 0.3 is 0 Å². The van der Waals surface area contributed by atoms with Crippen LogP contribution < -0.4 is 5.32 Å². The number of rotatable bonds is 4. The molecule has 0 aliphatic carbocycles. The van der Waals surface area contributed by atoms with E-state index in [-0.39, 0.29) is 11.0 Å². The normalized spacial score (nSPS) is 11.4. The Hall–Kier alpha value is -3.51. The predicted molar refractivity (Wildman–Crippen MR) is 135 cm³/mol. The Morgan fingerprint density at radius 2 is 1.66 bits per heavy atom. The fraction of sp³-hybridized carbons (Fsp3) is 0.192. The van der Waals surface area contributed by atoms with Gasteiger partial charge in [0.2, 0.25) is 11.0 Å². The Kier molecular flexibility index (Phi) is 6.06. The number of aryl methyl sites for hydroxylation is 4. The van der Waals surface area contributed by atoms with E-state index in [1.165, 1.54) is 11.1 Å². The first-order chi connectivity index (χ1) is 15.3. The molecule has 3 aromatic carbocycles. The van der Waals surface area contributed by atoms with Gasteiger partial charge in [0.1, 0.15) is 0 Å². The number of anilines is 1. The van der Waals surface area contributed by atoms with Crippen LogP contribution in [0.3, 0.4) is 0 Å². The standard InChI is InChI=1S/C26H26N4OS/c1-16-8-7-9-20(14-16)15-30-22-11-6-5-10-21(22)24(25(30)31)28-29-26(32)27-23-18(3)12-17(2)13-19(23)4/h5-14,31H,15H2,1-4H3,(H,27,32). The third-order valence-corrected chi connectivity index (χ3v) is 5.67. The lowest BCUT2D eigenvalue weighted by atomic mass is 10.1. The highest BCUT2D eigenvalue weighted by Gasteiger charge is 2.17. The first-order valence-corrected chi connectivity index (χ1v) is 10.9. The summed E-state index contributed by atoms with van der Waals surface area (Å²) in [7, 11) is 0. The van der Waals surface area contributed by atoms with Crippen molar-refractivity contribution in [3.63, 3.8) is 0 Å². The minimum Gasteiger partial charge on any atom is -0.493 e. The number of hydrogen-bond donors (Lipinski definition) is 2. The van der Waals surface area contributed by atoms with Crippen LogP contribution in [0.5, 0.6) is 5.88 Å². The average molecular weight is 443 g/mol. The molecule has 2 N–H and O–H groups in total. The second-order valence-corrected chi connectivity index (χ2v) is 8.56. The number of nitrogens with zero attached hydrogens (tertiary/aromatic N) is 3. The van der Waals surface area contributed by atoms with Crippen LogP contribution in [0.2, 0.25) is 0 Å². The monoisotopic (exact) mass is 442 g/mol. The van der Waals surface area contributed by atoms with Gasteiger partial charge in [-0.05, 0) is 62.7 Å². The third kappa shape index (κ3) is 4.41. The molecule has 32 heavy (non-hydrogen) atoms. The quantitative estimate of drug-likeness (QED) is 0.261. The molecule has 0 aliphatic rings. The van der Waals surface area contributed by atoms with E-state index in [2.05, 4.69) is 53.7 Å². The zero-order valence-electron chi connectivity index (χ0n) is 18.7. The number of fused-ring (bicyclic) bond motifs is 1.